The van der Waals surface area contributed by atoms with Gasteiger partial charge in [-0.05, 0) is 12.5 Å². The summed E-state index contributed by atoms with van der Waals surface area (Å²) in [6.07, 6.45) is 0.511. The van der Waals surface area contributed by atoms with E-state index in [0.29, 0.717) is 6.42 Å². The number of nitrogens with zero attached hydrogens (tertiary/aromatic N) is 1. The molecule has 1 heterocycles. The van der Waals surface area contributed by atoms with Gasteiger partial charge >= 0.3 is 0 Å². The lowest BCUT2D eigenvalue weighted by Crippen LogP contribution is -1.95. The second-order valence-electron chi connectivity index (χ2n) is 3.45. The molecule has 2 nitrogen and oxygen atoms in total. The summed E-state index contributed by atoms with van der Waals surface area (Å²) in [5.41, 5.74) is 4.97. The van der Waals surface area contributed by atoms with E-state index >= 15 is 0 Å². The molecule has 15 heavy (non-hydrogen) atoms. The number of hydrogen-bond acceptors (Lipinski definition) is 3. The van der Waals surface area contributed by atoms with Gasteiger partial charge in [-0.25, -0.2) is 4.98 Å². The highest BCUT2D eigenvalue weighted by Crippen LogP contribution is 2.19. The van der Waals surface area contributed by atoms with Gasteiger partial charge in [0, 0.05) is 17.4 Å². The summed E-state index contributed by atoms with van der Waals surface area (Å²) in [6, 6.07) is 7.98. The molecule has 0 radical (unpaired) electrons. The summed E-state index contributed by atoms with van der Waals surface area (Å²) in [5.74, 6) is 0.191. The maximum atomic E-state index is 10.9. The molecule has 1 aromatic heterocycles. The van der Waals surface area contributed by atoms with Crippen LogP contribution in [0.2, 0.25) is 0 Å². The fourth-order valence-electron chi connectivity index (χ4n) is 1.44. The van der Waals surface area contributed by atoms with E-state index in [1.165, 1.54) is 0 Å². The van der Waals surface area contributed by atoms with Gasteiger partial charge in [-0.15, -0.1) is 11.3 Å². The predicted molar refractivity (Wildman–Crippen MR) is 61.9 cm³/mol. The van der Waals surface area contributed by atoms with Gasteiger partial charge in [0.1, 0.15) is 5.78 Å². The highest BCUT2D eigenvalue weighted by Gasteiger charge is 2.01. The Bertz CT molecular complexity index is 445. The Labute approximate surface area is 92.6 Å². The van der Waals surface area contributed by atoms with Crippen molar-refractivity contribution in [2.75, 3.05) is 0 Å². The number of ketones is 1. The molecule has 0 saturated heterocycles. The van der Waals surface area contributed by atoms with Crippen molar-refractivity contribution in [3.8, 4) is 11.3 Å². The first-order chi connectivity index (χ1) is 7.25. The Balaban J connectivity index is 2.21. The third-order valence-corrected chi connectivity index (χ3v) is 2.72. The van der Waals surface area contributed by atoms with Crippen LogP contribution in [0.4, 0.5) is 0 Å². The zero-order valence-electron chi connectivity index (χ0n) is 8.43. The van der Waals surface area contributed by atoms with Crippen LogP contribution in [0.15, 0.2) is 35.2 Å². The molecule has 0 saturated carbocycles. The Morgan fingerprint density at radius 1 is 1.33 bits per heavy atom. The number of benzene rings is 1. The van der Waals surface area contributed by atoms with E-state index in [1.54, 1.807) is 18.3 Å². The zero-order valence-corrected chi connectivity index (χ0v) is 9.25. The first-order valence-electron chi connectivity index (χ1n) is 4.72. The van der Waals surface area contributed by atoms with Crippen molar-refractivity contribution in [1.82, 2.24) is 4.98 Å². The Morgan fingerprint density at radius 2 is 2.07 bits per heavy atom. The second kappa shape index (κ2) is 4.36. The third-order valence-electron chi connectivity index (χ3n) is 2.14. The molecule has 0 fully saturated rings. The minimum absolute atomic E-state index is 0.191. The summed E-state index contributed by atoms with van der Waals surface area (Å²) in [5, 5.41) is 2.01. The molecule has 0 aliphatic heterocycles. The predicted octanol–water partition coefficient (Wildman–Crippen LogP) is 2.94. The summed E-state index contributed by atoms with van der Waals surface area (Å²) in [7, 11) is 0. The molecule has 0 N–H and O–H groups in total. The molecule has 0 amide bonds. The van der Waals surface area contributed by atoms with Gasteiger partial charge in [0.05, 0.1) is 11.2 Å². The van der Waals surface area contributed by atoms with E-state index < -0.39 is 0 Å². The van der Waals surface area contributed by atoms with Gasteiger partial charge in [0.2, 0.25) is 0 Å². The van der Waals surface area contributed by atoms with Gasteiger partial charge in [0.25, 0.3) is 0 Å². The highest BCUT2D eigenvalue weighted by atomic mass is 32.1. The van der Waals surface area contributed by atoms with Crippen LogP contribution in [0, 0.1) is 0 Å². The molecule has 2 rings (SSSR count). The number of carbonyl (C=O) groups excluding carboxylic acids is 1. The molecule has 0 unspecified atom stereocenters. The average molecular weight is 217 g/mol. The molecular formula is C12H11NOS. The summed E-state index contributed by atoms with van der Waals surface area (Å²) >= 11 is 1.58. The molecule has 76 valence electrons. The van der Waals surface area contributed by atoms with Crippen LogP contribution >= 0.6 is 11.3 Å². The smallest absolute Gasteiger partial charge is 0.134 e. The zero-order chi connectivity index (χ0) is 10.7. The van der Waals surface area contributed by atoms with E-state index in [4.69, 9.17) is 0 Å². The summed E-state index contributed by atoms with van der Waals surface area (Å²) in [4.78, 5) is 15.1. The molecule has 1 aromatic carbocycles. The molecule has 0 bridgehead atoms. The lowest BCUT2D eigenvalue weighted by Gasteiger charge is -1.99. The van der Waals surface area contributed by atoms with Gasteiger partial charge < -0.3 is 0 Å². The van der Waals surface area contributed by atoms with E-state index in [1.807, 2.05) is 35.2 Å². The third kappa shape index (κ3) is 2.50. The van der Waals surface area contributed by atoms with Crippen molar-refractivity contribution in [2.24, 2.45) is 0 Å². The number of rotatable bonds is 3. The molecular weight excluding hydrogens is 206 g/mol. The largest absolute Gasteiger partial charge is 0.300 e. The molecule has 2 aromatic rings. The monoisotopic (exact) mass is 217 g/mol. The number of hydrogen-bond donors (Lipinski definition) is 0. The highest BCUT2D eigenvalue weighted by molar-refractivity contribution is 7.07. The average Bonchev–Trinajstić information content (AvgIpc) is 2.71. The molecule has 0 aliphatic carbocycles. The molecule has 0 spiro atoms. The first-order valence-corrected chi connectivity index (χ1v) is 5.67. The van der Waals surface area contributed by atoms with Crippen LogP contribution in [-0.4, -0.2) is 10.8 Å². The van der Waals surface area contributed by atoms with Crippen molar-refractivity contribution in [2.45, 2.75) is 13.3 Å². The van der Waals surface area contributed by atoms with Crippen LogP contribution in [0.3, 0.4) is 0 Å². The van der Waals surface area contributed by atoms with Crippen LogP contribution < -0.4 is 0 Å². The lowest BCUT2D eigenvalue weighted by atomic mass is 10.1. The van der Waals surface area contributed by atoms with Crippen molar-refractivity contribution in [3.63, 3.8) is 0 Å². The summed E-state index contributed by atoms with van der Waals surface area (Å²) in [6.45, 7) is 1.61. The molecule has 0 atom stereocenters. The topological polar surface area (TPSA) is 30.0 Å². The standard InChI is InChI=1S/C12H11NOS/c1-9(14)6-10-2-4-11(5-3-10)12-7-15-8-13-12/h2-5,7-8H,6H2,1H3. The minimum atomic E-state index is 0.191. The first kappa shape index (κ1) is 10.1. The Hall–Kier alpha value is -1.48. The molecule has 0 aliphatic rings. The fraction of sp³-hybridized carbons (Fsp3) is 0.167. The van der Waals surface area contributed by atoms with E-state index in [2.05, 4.69) is 4.98 Å². The van der Waals surface area contributed by atoms with Gasteiger partial charge in [-0.1, -0.05) is 24.3 Å². The maximum Gasteiger partial charge on any atom is 0.134 e. The number of thiazole rings is 1. The minimum Gasteiger partial charge on any atom is -0.300 e. The number of Topliss-reactive ketones (excluding diaryl/α,β-unsaturated/α-hetero) is 1. The van der Waals surface area contributed by atoms with E-state index in [9.17, 15) is 4.79 Å². The number of aromatic nitrogens is 1. The van der Waals surface area contributed by atoms with Crippen LogP contribution in [-0.2, 0) is 11.2 Å². The van der Waals surface area contributed by atoms with Gasteiger partial charge in [-0.3, -0.25) is 4.79 Å². The van der Waals surface area contributed by atoms with Gasteiger partial charge in [0.15, 0.2) is 0 Å². The normalized spacial score (nSPS) is 10.2. The van der Waals surface area contributed by atoms with Crippen LogP contribution in [0.25, 0.3) is 11.3 Å². The Morgan fingerprint density at radius 3 is 2.60 bits per heavy atom. The lowest BCUT2D eigenvalue weighted by molar-refractivity contribution is -0.116. The summed E-state index contributed by atoms with van der Waals surface area (Å²) < 4.78 is 0. The molecule has 3 heteroatoms. The quantitative estimate of drug-likeness (QED) is 0.791. The maximum absolute atomic E-state index is 10.9. The second-order valence-corrected chi connectivity index (χ2v) is 4.17. The van der Waals surface area contributed by atoms with E-state index in [0.717, 1.165) is 16.8 Å². The SMILES string of the molecule is CC(=O)Cc1ccc(-c2cscn2)cc1. The van der Waals surface area contributed by atoms with Crippen LogP contribution in [0.5, 0.6) is 0 Å². The van der Waals surface area contributed by atoms with Crippen molar-refractivity contribution in [1.29, 1.82) is 0 Å². The van der Waals surface area contributed by atoms with Crippen LogP contribution in [0.1, 0.15) is 12.5 Å². The number of carbonyl (C=O) groups is 1. The van der Waals surface area contributed by atoms with E-state index in [-0.39, 0.29) is 5.78 Å². The fourth-order valence-corrected chi connectivity index (χ4v) is 2.00. The van der Waals surface area contributed by atoms with Gasteiger partial charge in [-0.2, -0.15) is 0 Å². The van der Waals surface area contributed by atoms with Crippen molar-refractivity contribution >= 4 is 17.1 Å². The van der Waals surface area contributed by atoms with Crippen molar-refractivity contribution < 1.29 is 4.79 Å². The Kier molecular flexibility index (Phi) is 2.92. The van der Waals surface area contributed by atoms with Crippen molar-refractivity contribution in [3.05, 3.63) is 40.7 Å².